The molecule has 9 heteroatoms. The summed E-state index contributed by atoms with van der Waals surface area (Å²) >= 11 is 6.98. The molecule has 0 saturated heterocycles. The lowest BCUT2D eigenvalue weighted by Gasteiger charge is -2.10. The molecular weight excluding hydrogens is 912 g/mol. The van der Waals surface area contributed by atoms with Gasteiger partial charge in [0.05, 0.1) is 23.0 Å². The van der Waals surface area contributed by atoms with E-state index in [1.54, 1.807) is 48.5 Å². The summed E-state index contributed by atoms with van der Waals surface area (Å²) in [7, 11) is -3.75. The molecule has 0 spiro atoms. The van der Waals surface area contributed by atoms with Crippen molar-refractivity contribution in [3.05, 3.63) is 151 Å². The zero-order valence-electron chi connectivity index (χ0n) is 34.8. The van der Waals surface area contributed by atoms with Crippen LogP contribution in [-0.4, -0.2) is 32.3 Å². The third-order valence-corrected chi connectivity index (χ3v) is 13.3. The van der Waals surface area contributed by atoms with Crippen molar-refractivity contribution < 1.29 is 27.4 Å². The topological polar surface area (TPSA) is 71.1 Å². The van der Waals surface area contributed by atoms with Crippen LogP contribution in [0.2, 0.25) is 0 Å². The molecule has 61 heavy (non-hydrogen) atoms. The smallest absolute Gasteiger partial charge is 0.206 e. The molecule has 0 heterocycles. The van der Waals surface area contributed by atoms with Gasteiger partial charge in [-0.25, -0.2) is 8.42 Å². The Morgan fingerprint density at radius 3 is 1.10 bits per heavy atom. The lowest BCUT2D eigenvalue weighted by Crippen LogP contribution is -2.01. The Hall–Kier alpha value is -4.41. The van der Waals surface area contributed by atoms with E-state index in [0.717, 1.165) is 70.3 Å². The number of sulfone groups is 1. The number of unbranched alkanes of at least 4 members (excludes halogenated alkanes) is 9. The Labute approximate surface area is 379 Å². The molecule has 0 bridgehead atoms. The van der Waals surface area contributed by atoms with Crippen molar-refractivity contribution in [1.82, 2.24) is 0 Å². The standard InChI is InChI=1S/C52H56Br2O6S/c53-36-8-4-1-2-7-11-39-58-46-22-16-43(17-23-46)45-20-26-48(27-21-45)60-50-30-34-52(35-31-50)61(55,56)51-32-28-49(29-33-51)59-47-24-18-44(19-25-47)42-14-12-41(13-15-42)40-57-38-10-6-3-5-9-37-54/h12-35H,1-11,36-40H2. The number of ether oxygens (including phenoxy) is 4. The average molecular weight is 969 g/mol. The van der Waals surface area contributed by atoms with E-state index in [1.165, 1.54) is 57.8 Å². The molecule has 0 unspecified atom stereocenters. The maximum absolute atomic E-state index is 13.5. The zero-order valence-corrected chi connectivity index (χ0v) is 38.8. The van der Waals surface area contributed by atoms with Crippen LogP contribution in [0.3, 0.4) is 0 Å². The van der Waals surface area contributed by atoms with Crippen LogP contribution >= 0.6 is 31.9 Å². The quantitative estimate of drug-likeness (QED) is 0.0398. The van der Waals surface area contributed by atoms with Gasteiger partial charge in [0.15, 0.2) is 0 Å². The van der Waals surface area contributed by atoms with E-state index < -0.39 is 9.84 Å². The van der Waals surface area contributed by atoms with Gasteiger partial charge in [-0.3, -0.25) is 0 Å². The molecule has 0 atom stereocenters. The van der Waals surface area contributed by atoms with Gasteiger partial charge in [0.2, 0.25) is 9.84 Å². The number of alkyl halides is 2. The van der Waals surface area contributed by atoms with Gasteiger partial charge < -0.3 is 18.9 Å². The van der Waals surface area contributed by atoms with Gasteiger partial charge in [0.1, 0.15) is 28.7 Å². The SMILES string of the molecule is O=S(=O)(c1ccc(Oc2ccc(-c3ccc(COCCCCCCCBr)cc3)cc2)cc1)c1ccc(Oc2ccc(-c3ccc(OCCCCCCCCBr)cc3)cc2)cc1. The van der Waals surface area contributed by atoms with Gasteiger partial charge >= 0.3 is 0 Å². The summed E-state index contributed by atoms with van der Waals surface area (Å²) in [6, 6.07) is 45.3. The van der Waals surface area contributed by atoms with Crippen LogP contribution in [0.15, 0.2) is 155 Å². The van der Waals surface area contributed by atoms with E-state index in [2.05, 4.69) is 68.3 Å². The van der Waals surface area contributed by atoms with Gasteiger partial charge in [-0.05, 0) is 138 Å². The molecule has 0 amide bonds. The molecule has 0 aromatic heterocycles. The highest BCUT2D eigenvalue weighted by Crippen LogP contribution is 2.31. The molecule has 0 saturated carbocycles. The first kappa shape index (κ1) is 46.1. The van der Waals surface area contributed by atoms with Gasteiger partial charge in [-0.15, -0.1) is 0 Å². The minimum absolute atomic E-state index is 0.181. The Morgan fingerprint density at radius 2 is 0.689 bits per heavy atom. The summed E-state index contributed by atoms with van der Waals surface area (Å²) in [5, 5.41) is 2.18. The van der Waals surface area contributed by atoms with Crippen LogP contribution in [0.4, 0.5) is 0 Å². The summed E-state index contributed by atoms with van der Waals surface area (Å²) in [6.45, 7) is 2.16. The first-order valence-corrected chi connectivity index (χ1v) is 25.2. The Kier molecular flexibility index (Phi) is 18.8. The average Bonchev–Trinajstić information content (AvgIpc) is 3.29. The Bertz CT molecular complexity index is 2100. The normalized spacial score (nSPS) is 11.4. The molecule has 0 fully saturated rings. The van der Waals surface area contributed by atoms with Crippen LogP contribution in [0, 0.1) is 0 Å². The van der Waals surface area contributed by atoms with Crippen molar-refractivity contribution in [3.63, 3.8) is 0 Å². The van der Waals surface area contributed by atoms with Gasteiger partial charge in [0, 0.05) is 17.3 Å². The molecule has 6 rings (SSSR count). The third kappa shape index (κ3) is 14.9. The van der Waals surface area contributed by atoms with Crippen LogP contribution in [-0.2, 0) is 21.2 Å². The maximum Gasteiger partial charge on any atom is 0.206 e. The summed E-state index contributed by atoms with van der Waals surface area (Å²) in [6.07, 6.45) is 13.5. The minimum Gasteiger partial charge on any atom is -0.494 e. The van der Waals surface area contributed by atoms with Gasteiger partial charge in [-0.1, -0.05) is 137 Å². The van der Waals surface area contributed by atoms with E-state index in [1.807, 2.05) is 60.7 Å². The second kappa shape index (κ2) is 24.9. The molecule has 0 N–H and O–H groups in total. The van der Waals surface area contributed by atoms with Crippen molar-refractivity contribution >= 4 is 41.7 Å². The molecule has 0 aliphatic carbocycles. The van der Waals surface area contributed by atoms with E-state index in [0.29, 0.717) is 29.6 Å². The Morgan fingerprint density at radius 1 is 0.361 bits per heavy atom. The fourth-order valence-electron chi connectivity index (χ4n) is 6.86. The second-order valence-electron chi connectivity index (χ2n) is 15.1. The molecule has 320 valence electrons. The van der Waals surface area contributed by atoms with Crippen LogP contribution < -0.4 is 14.2 Å². The summed E-state index contributed by atoms with van der Waals surface area (Å²) in [5.41, 5.74) is 5.51. The fraction of sp³-hybridized carbons (Fsp3) is 0.308. The van der Waals surface area contributed by atoms with Gasteiger partial charge in [0.25, 0.3) is 0 Å². The largest absolute Gasteiger partial charge is 0.494 e. The van der Waals surface area contributed by atoms with Crippen molar-refractivity contribution in [2.45, 2.75) is 87.0 Å². The summed E-state index contributed by atoms with van der Waals surface area (Å²) < 4.78 is 50.9. The van der Waals surface area contributed by atoms with Crippen LogP contribution in [0.1, 0.15) is 76.2 Å². The van der Waals surface area contributed by atoms with Crippen molar-refractivity contribution in [2.75, 3.05) is 23.9 Å². The zero-order chi connectivity index (χ0) is 42.5. The first-order chi connectivity index (χ1) is 29.9. The van der Waals surface area contributed by atoms with Crippen molar-refractivity contribution in [2.24, 2.45) is 0 Å². The lowest BCUT2D eigenvalue weighted by atomic mass is 10.0. The molecule has 0 aliphatic rings. The van der Waals surface area contributed by atoms with Crippen molar-refractivity contribution in [1.29, 1.82) is 0 Å². The minimum atomic E-state index is -3.75. The molecule has 0 aliphatic heterocycles. The molecular formula is C52H56Br2O6S. The highest BCUT2D eigenvalue weighted by atomic mass is 79.9. The number of hydrogen-bond donors (Lipinski definition) is 0. The highest BCUT2D eigenvalue weighted by molar-refractivity contribution is 9.09. The molecule has 0 radical (unpaired) electrons. The monoisotopic (exact) mass is 966 g/mol. The van der Waals surface area contributed by atoms with Gasteiger partial charge in [-0.2, -0.15) is 0 Å². The van der Waals surface area contributed by atoms with E-state index in [4.69, 9.17) is 18.9 Å². The van der Waals surface area contributed by atoms with E-state index in [-0.39, 0.29) is 9.79 Å². The maximum atomic E-state index is 13.5. The number of halogens is 2. The molecule has 6 aromatic rings. The van der Waals surface area contributed by atoms with Crippen molar-refractivity contribution in [3.8, 4) is 51.0 Å². The third-order valence-electron chi connectivity index (χ3n) is 10.4. The number of benzene rings is 6. The molecule has 6 aromatic carbocycles. The highest BCUT2D eigenvalue weighted by Gasteiger charge is 2.18. The number of hydrogen-bond acceptors (Lipinski definition) is 6. The Balaban J connectivity index is 0.936. The van der Waals surface area contributed by atoms with E-state index >= 15 is 0 Å². The summed E-state index contributed by atoms with van der Waals surface area (Å²) in [5.74, 6) is 3.29. The van der Waals surface area contributed by atoms with Crippen LogP contribution in [0.25, 0.3) is 22.3 Å². The second-order valence-corrected chi connectivity index (χ2v) is 18.6. The molecule has 6 nitrogen and oxygen atoms in total. The first-order valence-electron chi connectivity index (χ1n) is 21.4. The predicted molar refractivity (Wildman–Crippen MR) is 256 cm³/mol. The predicted octanol–water partition coefficient (Wildman–Crippen LogP) is 15.4. The number of rotatable bonds is 26. The van der Waals surface area contributed by atoms with E-state index in [9.17, 15) is 8.42 Å². The summed E-state index contributed by atoms with van der Waals surface area (Å²) in [4.78, 5) is 0.362. The lowest BCUT2D eigenvalue weighted by molar-refractivity contribution is 0.116. The van der Waals surface area contributed by atoms with Crippen LogP contribution in [0.5, 0.6) is 28.7 Å². The fourth-order valence-corrected chi connectivity index (χ4v) is 8.92.